The first-order valence-corrected chi connectivity index (χ1v) is 10.8. The van der Waals surface area contributed by atoms with Crippen molar-refractivity contribution in [1.29, 1.82) is 0 Å². The summed E-state index contributed by atoms with van der Waals surface area (Å²) >= 11 is 0. The Kier molecular flexibility index (Phi) is 5.05. The maximum absolute atomic E-state index is 12.6. The molecule has 1 atom stereocenters. The monoisotopic (exact) mass is 418 g/mol. The fourth-order valence-corrected chi connectivity index (χ4v) is 4.56. The van der Waals surface area contributed by atoms with Gasteiger partial charge in [-0.15, -0.1) is 10.2 Å². The number of carbonyl (C=O) groups is 1. The van der Waals surface area contributed by atoms with Crippen LogP contribution >= 0.6 is 0 Å². The molecule has 0 spiro atoms. The van der Waals surface area contributed by atoms with E-state index < -0.39 is 0 Å². The molecular weight excluding hydrogens is 392 g/mol. The van der Waals surface area contributed by atoms with Gasteiger partial charge in [0.1, 0.15) is 11.6 Å². The third kappa shape index (κ3) is 3.62. The summed E-state index contributed by atoms with van der Waals surface area (Å²) in [4.78, 5) is 14.8. The van der Waals surface area contributed by atoms with Crippen LogP contribution in [0.3, 0.4) is 0 Å². The van der Waals surface area contributed by atoms with Crippen LogP contribution in [0.1, 0.15) is 48.4 Å². The van der Waals surface area contributed by atoms with Gasteiger partial charge in [0.25, 0.3) is 0 Å². The molecule has 3 aromatic rings. The summed E-state index contributed by atoms with van der Waals surface area (Å²) in [6, 6.07) is 11.8. The van der Waals surface area contributed by atoms with Crippen LogP contribution in [0.4, 0.5) is 11.6 Å². The van der Waals surface area contributed by atoms with E-state index in [0.717, 1.165) is 41.5 Å². The maximum Gasteiger partial charge on any atom is 0.226 e. The molecule has 5 rings (SSSR count). The van der Waals surface area contributed by atoms with E-state index in [-0.39, 0.29) is 11.8 Å². The van der Waals surface area contributed by atoms with Gasteiger partial charge in [-0.1, -0.05) is 12.1 Å². The highest BCUT2D eigenvalue weighted by molar-refractivity contribution is 5.95. The van der Waals surface area contributed by atoms with Gasteiger partial charge < -0.3 is 15.0 Å². The van der Waals surface area contributed by atoms with Crippen molar-refractivity contribution < 1.29 is 9.53 Å². The highest BCUT2D eigenvalue weighted by Crippen LogP contribution is 2.40. The highest BCUT2D eigenvalue weighted by Gasteiger charge is 2.33. The summed E-state index contributed by atoms with van der Waals surface area (Å²) in [5, 5.41) is 16.6. The Labute approximate surface area is 181 Å². The van der Waals surface area contributed by atoms with E-state index >= 15 is 0 Å². The van der Waals surface area contributed by atoms with Gasteiger partial charge in [-0.2, -0.15) is 9.78 Å². The Morgan fingerprint density at radius 3 is 2.39 bits per heavy atom. The zero-order chi connectivity index (χ0) is 21.4. The van der Waals surface area contributed by atoms with Crippen molar-refractivity contribution in [3.63, 3.8) is 0 Å². The molecule has 1 aromatic carbocycles. The number of fused-ring (bicyclic) bond motifs is 1. The van der Waals surface area contributed by atoms with Crippen molar-refractivity contribution >= 4 is 17.5 Å². The summed E-state index contributed by atoms with van der Waals surface area (Å²) in [7, 11) is 1.65. The SMILES string of the molecule is COc1ccc([C@@H]2CC(=O)Nc3c2c(C)nn3-c2ccc(N3CCCCC3)nn2)cc1. The molecule has 2 aromatic heterocycles. The molecule has 4 heterocycles. The van der Waals surface area contributed by atoms with Crippen molar-refractivity contribution in [3.05, 3.63) is 53.2 Å². The zero-order valence-electron chi connectivity index (χ0n) is 17.8. The molecule has 1 saturated heterocycles. The van der Waals surface area contributed by atoms with E-state index in [4.69, 9.17) is 9.84 Å². The number of ether oxygens (including phenoxy) is 1. The summed E-state index contributed by atoms with van der Waals surface area (Å²) in [6.45, 7) is 4.01. The van der Waals surface area contributed by atoms with Gasteiger partial charge in [-0.3, -0.25) is 4.79 Å². The van der Waals surface area contributed by atoms with Gasteiger partial charge in [0, 0.05) is 31.0 Å². The maximum atomic E-state index is 12.6. The van der Waals surface area contributed by atoms with Crippen LogP contribution in [0.15, 0.2) is 36.4 Å². The molecule has 8 heteroatoms. The minimum absolute atomic E-state index is 0.0348. The van der Waals surface area contributed by atoms with Crippen molar-refractivity contribution in [3.8, 4) is 11.6 Å². The van der Waals surface area contributed by atoms with Gasteiger partial charge in [0.05, 0.1) is 12.8 Å². The molecule has 2 aliphatic rings. The number of aryl methyl sites for hydroxylation is 1. The molecule has 0 unspecified atom stereocenters. The van der Waals surface area contributed by atoms with Crippen LogP contribution in [0.5, 0.6) is 5.75 Å². The van der Waals surface area contributed by atoms with Gasteiger partial charge in [-0.05, 0) is 56.0 Å². The smallest absolute Gasteiger partial charge is 0.226 e. The Morgan fingerprint density at radius 2 is 1.71 bits per heavy atom. The number of piperidine rings is 1. The number of methoxy groups -OCH3 is 1. The zero-order valence-corrected chi connectivity index (χ0v) is 17.8. The summed E-state index contributed by atoms with van der Waals surface area (Å²) in [5.41, 5.74) is 2.95. The van der Waals surface area contributed by atoms with Gasteiger partial charge in [0.15, 0.2) is 11.6 Å². The fourth-order valence-electron chi connectivity index (χ4n) is 4.56. The molecule has 2 aliphatic heterocycles. The second-order valence-corrected chi connectivity index (χ2v) is 8.13. The Balaban J connectivity index is 1.50. The number of anilines is 2. The highest BCUT2D eigenvalue weighted by atomic mass is 16.5. The van der Waals surface area contributed by atoms with Crippen LogP contribution in [0, 0.1) is 6.92 Å². The number of benzene rings is 1. The standard InChI is InChI=1S/C23H26N6O2/c1-15-22-18(16-6-8-17(31-2)9-7-16)14-21(30)24-23(22)29(27-15)20-11-10-19(25-26-20)28-12-4-3-5-13-28/h6-11,18H,3-5,12-14H2,1-2H3,(H,24,30)/t18-/m0/s1. The third-order valence-corrected chi connectivity index (χ3v) is 6.15. The lowest BCUT2D eigenvalue weighted by molar-refractivity contribution is -0.116. The molecular formula is C23H26N6O2. The molecule has 1 N–H and O–H groups in total. The van der Waals surface area contributed by atoms with E-state index in [1.165, 1.54) is 19.3 Å². The van der Waals surface area contributed by atoms with Crippen LogP contribution in [0.25, 0.3) is 5.82 Å². The second-order valence-electron chi connectivity index (χ2n) is 8.13. The van der Waals surface area contributed by atoms with Crippen molar-refractivity contribution in [2.45, 2.75) is 38.5 Å². The first kappa shape index (κ1) is 19.5. The normalized spacial score (nSPS) is 18.5. The van der Waals surface area contributed by atoms with Gasteiger partial charge >= 0.3 is 0 Å². The quantitative estimate of drug-likeness (QED) is 0.699. The van der Waals surface area contributed by atoms with E-state index in [1.54, 1.807) is 11.8 Å². The number of hydrogen-bond donors (Lipinski definition) is 1. The van der Waals surface area contributed by atoms with Crippen LogP contribution in [-0.4, -0.2) is 46.1 Å². The van der Waals surface area contributed by atoms with E-state index in [0.29, 0.717) is 18.1 Å². The van der Waals surface area contributed by atoms with Crippen LogP contribution in [0.2, 0.25) is 0 Å². The molecule has 1 fully saturated rings. The third-order valence-electron chi connectivity index (χ3n) is 6.15. The molecule has 0 saturated carbocycles. The van der Waals surface area contributed by atoms with Crippen molar-refractivity contribution in [2.75, 3.05) is 30.4 Å². The first-order chi connectivity index (χ1) is 15.1. The first-order valence-electron chi connectivity index (χ1n) is 10.8. The minimum atomic E-state index is -0.0658. The topological polar surface area (TPSA) is 85.2 Å². The molecule has 0 bridgehead atoms. The number of nitrogens with one attached hydrogen (secondary N) is 1. The fraction of sp³-hybridized carbons (Fsp3) is 0.391. The predicted octanol–water partition coefficient (Wildman–Crippen LogP) is 3.44. The molecule has 160 valence electrons. The Morgan fingerprint density at radius 1 is 1.00 bits per heavy atom. The largest absolute Gasteiger partial charge is 0.497 e. The second kappa shape index (κ2) is 8.02. The van der Waals surface area contributed by atoms with Gasteiger partial charge in [0.2, 0.25) is 5.91 Å². The van der Waals surface area contributed by atoms with E-state index in [2.05, 4.69) is 20.4 Å². The lowest BCUT2D eigenvalue weighted by atomic mass is 9.86. The number of carbonyl (C=O) groups excluding carboxylic acids is 1. The lowest BCUT2D eigenvalue weighted by Gasteiger charge is -2.27. The summed E-state index contributed by atoms with van der Waals surface area (Å²) < 4.78 is 6.97. The molecule has 0 radical (unpaired) electrons. The lowest BCUT2D eigenvalue weighted by Crippen LogP contribution is -2.30. The van der Waals surface area contributed by atoms with Crippen molar-refractivity contribution in [1.82, 2.24) is 20.0 Å². The summed E-state index contributed by atoms with van der Waals surface area (Å²) in [5.74, 6) is 2.86. The number of nitrogens with zero attached hydrogens (tertiary/aromatic N) is 5. The van der Waals surface area contributed by atoms with Crippen LogP contribution in [-0.2, 0) is 4.79 Å². The van der Waals surface area contributed by atoms with Crippen LogP contribution < -0.4 is 15.0 Å². The average Bonchev–Trinajstić information content (AvgIpc) is 3.15. The molecule has 0 aliphatic carbocycles. The number of amides is 1. The van der Waals surface area contributed by atoms with Crippen molar-refractivity contribution in [2.24, 2.45) is 0 Å². The van der Waals surface area contributed by atoms with E-state index in [9.17, 15) is 4.79 Å². The number of aromatic nitrogens is 4. The minimum Gasteiger partial charge on any atom is -0.497 e. The Hall–Kier alpha value is -3.42. The van der Waals surface area contributed by atoms with Gasteiger partial charge in [-0.25, -0.2) is 0 Å². The summed E-state index contributed by atoms with van der Waals surface area (Å²) in [6.07, 6.45) is 4.03. The van der Waals surface area contributed by atoms with E-state index in [1.807, 2.05) is 43.3 Å². The average molecular weight is 419 g/mol. The Bertz CT molecular complexity index is 1080. The number of rotatable bonds is 4. The molecule has 1 amide bonds. The predicted molar refractivity (Wildman–Crippen MR) is 118 cm³/mol. The molecule has 31 heavy (non-hydrogen) atoms. The molecule has 8 nitrogen and oxygen atoms in total. The number of hydrogen-bond acceptors (Lipinski definition) is 6.